The molecule has 0 aliphatic heterocycles. The van der Waals surface area contributed by atoms with Crippen LogP contribution in [0, 0.1) is 13.8 Å². The Bertz CT molecular complexity index is 932. The molecule has 1 aromatic carbocycles. The minimum absolute atomic E-state index is 0.0173. The van der Waals surface area contributed by atoms with Crippen molar-refractivity contribution >= 4 is 21.8 Å². The lowest BCUT2D eigenvalue weighted by Crippen LogP contribution is -2.35. The molecule has 3 N–H and O–H groups in total. The van der Waals surface area contributed by atoms with Crippen LogP contribution in [0.1, 0.15) is 16.8 Å². The monoisotopic (exact) mass is 369 g/mol. The first-order valence-electron chi connectivity index (χ1n) is 7.26. The molecule has 130 valence electrons. The van der Waals surface area contributed by atoms with E-state index in [1.165, 1.54) is 18.1 Å². The largest absolute Gasteiger partial charge is 0.325 e. The summed E-state index contributed by atoms with van der Waals surface area (Å²) in [6.07, 6.45) is 0. The predicted octanol–water partition coefficient (Wildman–Crippen LogP) is 0.892. The molecule has 1 aromatic heterocycles. The minimum atomic E-state index is -3.97. The Hall–Kier alpha value is -1.84. The molecule has 9 heteroatoms. The summed E-state index contributed by atoms with van der Waals surface area (Å²) in [5.74, 6) is 1.34. The van der Waals surface area contributed by atoms with Crippen molar-refractivity contribution in [3.05, 3.63) is 61.9 Å². The van der Waals surface area contributed by atoms with Gasteiger partial charge in [-0.3, -0.25) is 9.78 Å². The van der Waals surface area contributed by atoms with Gasteiger partial charge in [-0.1, -0.05) is 29.8 Å². The first kappa shape index (κ1) is 18.5. The average molecular weight is 369 g/mol. The summed E-state index contributed by atoms with van der Waals surface area (Å²) in [5, 5.41) is 0. The van der Waals surface area contributed by atoms with Gasteiger partial charge in [-0.15, -0.1) is 0 Å². The summed E-state index contributed by atoms with van der Waals surface area (Å²) in [6.45, 7) is 3.58. The molecule has 0 aliphatic carbocycles. The van der Waals surface area contributed by atoms with Crippen LogP contribution in [0.25, 0.3) is 0 Å². The zero-order valence-electron chi connectivity index (χ0n) is 13.4. The van der Waals surface area contributed by atoms with E-state index >= 15 is 0 Å². The molecule has 1 heterocycles. The number of aromatic nitrogens is 2. The molecule has 0 bridgehead atoms. The lowest BCUT2D eigenvalue weighted by molar-refractivity contribution is 0.580. The van der Waals surface area contributed by atoms with Gasteiger partial charge in [0.1, 0.15) is 0 Å². The fourth-order valence-electron chi connectivity index (χ4n) is 2.22. The number of nitrogens with one attached hydrogen (secondary N) is 3. The van der Waals surface area contributed by atoms with Crippen molar-refractivity contribution in [1.82, 2.24) is 14.7 Å². The fourth-order valence-corrected chi connectivity index (χ4v) is 4.42. The van der Waals surface area contributed by atoms with Crippen LogP contribution in [-0.4, -0.2) is 30.7 Å². The Morgan fingerprint density at radius 3 is 2.58 bits per heavy atom. The number of benzene rings is 1. The SMILES string of the molecule is Cc1cccc(CSCCNS(=O)(=O)c2c(C)[nH]c(=O)[nH]c2=O)c1. The van der Waals surface area contributed by atoms with Crippen molar-refractivity contribution < 1.29 is 8.42 Å². The molecule has 0 saturated carbocycles. The molecule has 0 radical (unpaired) electrons. The highest BCUT2D eigenvalue weighted by Gasteiger charge is 2.21. The number of hydrogen-bond donors (Lipinski definition) is 3. The molecule has 0 amide bonds. The molecule has 7 nitrogen and oxygen atoms in total. The highest BCUT2D eigenvalue weighted by Crippen LogP contribution is 2.13. The van der Waals surface area contributed by atoms with Crippen LogP contribution in [-0.2, 0) is 15.8 Å². The molecule has 24 heavy (non-hydrogen) atoms. The maximum absolute atomic E-state index is 12.2. The van der Waals surface area contributed by atoms with Crippen LogP contribution in [0.15, 0.2) is 38.8 Å². The van der Waals surface area contributed by atoms with E-state index in [0.29, 0.717) is 5.75 Å². The maximum atomic E-state index is 12.2. The maximum Gasteiger partial charge on any atom is 0.325 e. The number of hydrogen-bond acceptors (Lipinski definition) is 5. The van der Waals surface area contributed by atoms with E-state index in [1.807, 2.05) is 30.1 Å². The zero-order valence-corrected chi connectivity index (χ0v) is 15.0. The fraction of sp³-hybridized carbons (Fsp3) is 0.333. The summed E-state index contributed by atoms with van der Waals surface area (Å²) in [7, 11) is -3.97. The number of rotatable bonds is 7. The molecule has 0 saturated heterocycles. The van der Waals surface area contributed by atoms with Crippen LogP contribution < -0.4 is 16.0 Å². The molecule has 0 atom stereocenters. The van der Waals surface area contributed by atoms with E-state index in [9.17, 15) is 18.0 Å². The molecular formula is C15H19N3O4S2. The van der Waals surface area contributed by atoms with Gasteiger partial charge in [-0.05, 0) is 19.4 Å². The van der Waals surface area contributed by atoms with Crippen molar-refractivity contribution in [3.63, 3.8) is 0 Å². The third-order valence-corrected chi connectivity index (χ3v) is 5.88. The highest BCUT2D eigenvalue weighted by molar-refractivity contribution is 7.98. The van der Waals surface area contributed by atoms with Crippen molar-refractivity contribution in [2.75, 3.05) is 12.3 Å². The zero-order chi connectivity index (χ0) is 17.7. The summed E-state index contributed by atoms with van der Waals surface area (Å²) < 4.78 is 26.8. The third-order valence-electron chi connectivity index (χ3n) is 3.23. The van der Waals surface area contributed by atoms with E-state index < -0.39 is 26.2 Å². The average Bonchev–Trinajstić information content (AvgIpc) is 2.45. The van der Waals surface area contributed by atoms with Gasteiger partial charge < -0.3 is 4.98 Å². The molecule has 0 aliphatic rings. The van der Waals surface area contributed by atoms with Crippen LogP contribution >= 0.6 is 11.8 Å². The molecule has 0 spiro atoms. The number of aromatic amines is 2. The smallest absolute Gasteiger partial charge is 0.310 e. The Morgan fingerprint density at radius 2 is 1.92 bits per heavy atom. The molecule has 0 fully saturated rings. The normalized spacial score (nSPS) is 11.6. The van der Waals surface area contributed by atoms with Crippen LogP contribution in [0.5, 0.6) is 0 Å². The van der Waals surface area contributed by atoms with Gasteiger partial charge in [-0.2, -0.15) is 11.8 Å². The van der Waals surface area contributed by atoms with Gasteiger partial charge in [0.05, 0.1) is 0 Å². The van der Waals surface area contributed by atoms with E-state index in [0.717, 1.165) is 5.75 Å². The molecule has 2 aromatic rings. The van der Waals surface area contributed by atoms with Gasteiger partial charge in [0.15, 0.2) is 4.90 Å². The van der Waals surface area contributed by atoms with E-state index in [1.54, 1.807) is 11.8 Å². The Balaban J connectivity index is 1.92. The number of H-pyrrole nitrogens is 2. The van der Waals surface area contributed by atoms with Gasteiger partial charge in [-0.25, -0.2) is 17.9 Å². The van der Waals surface area contributed by atoms with Gasteiger partial charge in [0.25, 0.3) is 5.56 Å². The molecule has 2 rings (SSSR count). The molecular weight excluding hydrogens is 350 g/mol. The van der Waals surface area contributed by atoms with E-state index in [-0.39, 0.29) is 12.2 Å². The quantitative estimate of drug-likeness (QED) is 0.628. The lowest BCUT2D eigenvalue weighted by Gasteiger charge is -2.08. The minimum Gasteiger partial charge on any atom is -0.310 e. The number of aryl methyl sites for hydroxylation is 2. The lowest BCUT2D eigenvalue weighted by atomic mass is 10.2. The first-order chi connectivity index (χ1) is 11.3. The topological polar surface area (TPSA) is 112 Å². The summed E-state index contributed by atoms with van der Waals surface area (Å²) >= 11 is 1.59. The number of thioether (sulfide) groups is 1. The van der Waals surface area contributed by atoms with Crippen molar-refractivity contribution in [2.24, 2.45) is 0 Å². The summed E-state index contributed by atoms with van der Waals surface area (Å²) in [4.78, 5) is 26.6. The second-order valence-corrected chi connectivity index (χ2v) is 8.11. The van der Waals surface area contributed by atoms with Crippen LogP contribution in [0.4, 0.5) is 0 Å². The van der Waals surface area contributed by atoms with Crippen molar-refractivity contribution in [2.45, 2.75) is 24.5 Å². The van der Waals surface area contributed by atoms with Crippen LogP contribution in [0.2, 0.25) is 0 Å². The third kappa shape index (κ3) is 4.83. The second-order valence-electron chi connectivity index (χ2n) is 5.30. The Morgan fingerprint density at radius 1 is 1.17 bits per heavy atom. The van der Waals surface area contributed by atoms with E-state index in [2.05, 4.69) is 15.8 Å². The number of sulfonamides is 1. The summed E-state index contributed by atoms with van der Waals surface area (Å²) in [6, 6.07) is 8.11. The summed E-state index contributed by atoms with van der Waals surface area (Å²) in [5.41, 5.74) is 0.724. The standard InChI is InChI=1S/C15H19N3O4S2/c1-10-4-3-5-12(8-10)9-23-7-6-16-24(21,22)13-11(2)17-15(20)18-14(13)19/h3-5,8,16H,6-7,9H2,1-2H3,(H2,17,18,19,20). The van der Waals surface area contributed by atoms with Gasteiger partial charge in [0, 0.05) is 23.7 Å². The highest BCUT2D eigenvalue weighted by atomic mass is 32.2. The second kappa shape index (κ2) is 7.82. The predicted molar refractivity (Wildman–Crippen MR) is 94.9 cm³/mol. The van der Waals surface area contributed by atoms with Crippen molar-refractivity contribution in [3.8, 4) is 0 Å². The van der Waals surface area contributed by atoms with E-state index in [4.69, 9.17) is 0 Å². The van der Waals surface area contributed by atoms with Crippen molar-refractivity contribution in [1.29, 1.82) is 0 Å². The Labute approximate surface area is 144 Å². The van der Waals surface area contributed by atoms with Gasteiger partial charge >= 0.3 is 5.69 Å². The van der Waals surface area contributed by atoms with Gasteiger partial charge in [0.2, 0.25) is 10.0 Å². The molecule has 0 unspecified atom stereocenters. The Kier molecular flexibility index (Phi) is 6.03. The first-order valence-corrected chi connectivity index (χ1v) is 9.89. The van der Waals surface area contributed by atoms with Crippen LogP contribution in [0.3, 0.4) is 0 Å².